The molecule has 0 unspecified atom stereocenters. The maximum atomic E-state index is 12.6. The number of benzene rings is 3. The number of nitrogens with zero attached hydrogens (tertiary/aromatic N) is 2. The molecule has 1 aliphatic rings. The van der Waals surface area contributed by atoms with Crippen LogP contribution in [0.2, 0.25) is 0 Å². The van der Waals surface area contributed by atoms with Gasteiger partial charge < -0.3 is 9.64 Å². The van der Waals surface area contributed by atoms with Crippen LogP contribution < -0.4 is 10.3 Å². The summed E-state index contributed by atoms with van der Waals surface area (Å²) in [6.07, 6.45) is 1.50. The van der Waals surface area contributed by atoms with Crippen LogP contribution in [-0.4, -0.2) is 25.2 Å². The van der Waals surface area contributed by atoms with Crippen molar-refractivity contribution in [2.24, 2.45) is 5.10 Å². The van der Waals surface area contributed by atoms with Crippen LogP contribution in [0.4, 0.5) is 5.69 Å². The average Bonchev–Trinajstić information content (AvgIpc) is 3.21. The molecule has 0 aliphatic carbocycles. The van der Waals surface area contributed by atoms with Gasteiger partial charge in [-0.1, -0.05) is 30.3 Å². The number of aryl methyl sites for hydroxylation is 2. The van der Waals surface area contributed by atoms with Crippen molar-refractivity contribution in [3.63, 3.8) is 0 Å². The van der Waals surface area contributed by atoms with E-state index in [2.05, 4.69) is 41.4 Å². The Morgan fingerprint density at radius 3 is 2.28 bits per heavy atom. The van der Waals surface area contributed by atoms with Gasteiger partial charge in [0.2, 0.25) is 0 Å². The standard InChI is InChI=1S/C26H25N3O3/c1-17-10-22-15-29(16-23(22)11-18(17)2)24-9-5-7-20(13-24)25(30)28-27-14-19-6-4-8-21(12-19)26(31)32-3/h4-14H,15-16H2,1-3H3,(H,28,30)/b27-14-. The third kappa shape index (κ3) is 4.54. The van der Waals surface area contributed by atoms with E-state index < -0.39 is 5.97 Å². The smallest absolute Gasteiger partial charge is 0.337 e. The van der Waals surface area contributed by atoms with Gasteiger partial charge >= 0.3 is 5.97 Å². The highest BCUT2D eigenvalue weighted by atomic mass is 16.5. The average molecular weight is 428 g/mol. The van der Waals surface area contributed by atoms with E-state index >= 15 is 0 Å². The fourth-order valence-electron chi connectivity index (χ4n) is 3.82. The lowest BCUT2D eigenvalue weighted by atomic mass is 10.0. The molecular formula is C26H25N3O3. The Kier molecular flexibility index (Phi) is 6.03. The lowest BCUT2D eigenvalue weighted by molar-refractivity contribution is 0.0600. The molecule has 3 aromatic carbocycles. The van der Waals surface area contributed by atoms with Gasteiger partial charge in [-0.15, -0.1) is 0 Å². The number of amides is 1. The molecule has 0 saturated heterocycles. The molecule has 0 bridgehead atoms. The van der Waals surface area contributed by atoms with Gasteiger partial charge in [0.05, 0.1) is 18.9 Å². The molecule has 1 heterocycles. The van der Waals surface area contributed by atoms with Crippen LogP contribution in [0.5, 0.6) is 0 Å². The number of hydrogen-bond acceptors (Lipinski definition) is 5. The van der Waals surface area contributed by atoms with Crippen molar-refractivity contribution in [2.45, 2.75) is 26.9 Å². The predicted molar refractivity (Wildman–Crippen MR) is 125 cm³/mol. The maximum absolute atomic E-state index is 12.6. The number of methoxy groups -OCH3 is 1. The number of nitrogens with one attached hydrogen (secondary N) is 1. The molecular weight excluding hydrogens is 402 g/mol. The summed E-state index contributed by atoms with van der Waals surface area (Å²) < 4.78 is 4.72. The van der Waals surface area contributed by atoms with Crippen molar-refractivity contribution < 1.29 is 14.3 Å². The van der Waals surface area contributed by atoms with Crippen LogP contribution in [0.15, 0.2) is 65.8 Å². The van der Waals surface area contributed by atoms with Crippen molar-refractivity contribution >= 4 is 23.8 Å². The van der Waals surface area contributed by atoms with Crippen molar-refractivity contribution in [2.75, 3.05) is 12.0 Å². The molecule has 1 aliphatic heterocycles. The summed E-state index contributed by atoms with van der Waals surface area (Å²) in [5.41, 5.74) is 10.5. The Morgan fingerprint density at radius 1 is 0.938 bits per heavy atom. The second-order valence-electron chi connectivity index (χ2n) is 7.93. The molecule has 162 valence electrons. The van der Waals surface area contributed by atoms with Crippen LogP contribution in [0.1, 0.15) is 48.5 Å². The molecule has 1 N–H and O–H groups in total. The van der Waals surface area contributed by atoms with Gasteiger partial charge in [-0.3, -0.25) is 4.79 Å². The van der Waals surface area contributed by atoms with Gasteiger partial charge in [0, 0.05) is 24.3 Å². The largest absolute Gasteiger partial charge is 0.465 e. The summed E-state index contributed by atoms with van der Waals surface area (Å²) >= 11 is 0. The summed E-state index contributed by atoms with van der Waals surface area (Å²) in [6, 6.07) is 18.9. The first-order valence-electron chi connectivity index (χ1n) is 10.4. The van der Waals surface area contributed by atoms with E-state index in [-0.39, 0.29) is 5.91 Å². The Hall–Kier alpha value is -3.93. The van der Waals surface area contributed by atoms with E-state index in [1.807, 2.05) is 18.2 Å². The molecule has 1 amide bonds. The topological polar surface area (TPSA) is 71.0 Å². The van der Waals surface area contributed by atoms with Gasteiger partial charge in [0.15, 0.2) is 0 Å². The van der Waals surface area contributed by atoms with E-state index in [4.69, 9.17) is 4.74 Å². The third-order valence-corrected chi connectivity index (χ3v) is 5.70. The van der Waals surface area contributed by atoms with Gasteiger partial charge in [-0.25, -0.2) is 10.2 Å². The van der Waals surface area contributed by atoms with Crippen LogP contribution in [0.25, 0.3) is 0 Å². The summed E-state index contributed by atoms with van der Waals surface area (Å²) in [7, 11) is 1.33. The second-order valence-corrected chi connectivity index (χ2v) is 7.93. The lowest BCUT2D eigenvalue weighted by Crippen LogP contribution is -2.19. The molecule has 0 radical (unpaired) electrons. The Bertz CT molecular complexity index is 1190. The molecule has 3 aromatic rings. The van der Waals surface area contributed by atoms with Crippen LogP contribution >= 0.6 is 0 Å². The number of carbonyl (C=O) groups is 2. The highest BCUT2D eigenvalue weighted by Crippen LogP contribution is 2.30. The first-order valence-corrected chi connectivity index (χ1v) is 10.4. The minimum Gasteiger partial charge on any atom is -0.465 e. The highest BCUT2D eigenvalue weighted by Gasteiger charge is 2.20. The fourth-order valence-corrected chi connectivity index (χ4v) is 3.82. The molecule has 6 nitrogen and oxygen atoms in total. The Balaban J connectivity index is 1.43. The highest BCUT2D eigenvalue weighted by molar-refractivity contribution is 5.96. The Morgan fingerprint density at radius 2 is 1.59 bits per heavy atom. The van der Waals surface area contributed by atoms with E-state index in [0.29, 0.717) is 16.7 Å². The minimum absolute atomic E-state index is 0.296. The van der Waals surface area contributed by atoms with E-state index in [9.17, 15) is 9.59 Å². The van der Waals surface area contributed by atoms with Crippen LogP contribution in [0, 0.1) is 13.8 Å². The summed E-state index contributed by atoms with van der Waals surface area (Å²) in [6.45, 7) is 5.93. The van der Waals surface area contributed by atoms with Gasteiger partial charge in [-0.2, -0.15) is 5.10 Å². The molecule has 0 spiro atoms. The maximum Gasteiger partial charge on any atom is 0.337 e. The van der Waals surface area contributed by atoms with Gasteiger partial charge in [-0.05, 0) is 72.0 Å². The molecule has 6 heteroatoms. The monoisotopic (exact) mass is 427 g/mol. The number of rotatable bonds is 5. The SMILES string of the molecule is COC(=O)c1cccc(/C=N\NC(=O)c2cccc(N3Cc4cc(C)c(C)cc4C3)c2)c1. The summed E-state index contributed by atoms with van der Waals surface area (Å²) in [5, 5.41) is 4.03. The number of fused-ring (bicyclic) bond motifs is 1. The molecule has 32 heavy (non-hydrogen) atoms. The predicted octanol–water partition coefficient (Wildman–Crippen LogP) is 4.37. The number of hydrazone groups is 1. The molecule has 0 saturated carbocycles. The van der Waals surface area contributed by atoms with Gasteiger partial charge in [0.1, 0.15) is 0 Å². The number of ether oxygens (including phenoxy) is 1. The number of esters is 1. The van der Waals surface area contributed by atoms with Gasteiger partial charge in [0.25, 0.3) is 5.91 Å². The van der Waals surface area contributed by atoms with E-state index in [1.54, 1.807) is 30.3 Å². The third-order valence-electron chi connectivity index (χ3n) is 5.70. The zero-order chi connectivity index (χ0) is 22.7. The summed E-state index contributed by atoms with van der Waals surface area (Å²) in [5.74, 6) is -0.717. The van der Waals surface area contributed by atoms with Crippen LogP contribution in [-0.2, 0) is 17.8 Å². The fraction of sp³-hybridized carbons (Fsp3) is 0.192. The first-order chi connectivity index (χ1) is 15.4. The van der Waals surface area contributed by atoms with Crippen LogP contribution in [0.3, 0.4) is 0 Å². The zero-order valence-corrected chi connectivity index (χ0v) is 18.4. The molecule has 4 rings (SSSR count). The van der Waals surface area contributed by atoms with Crippen molar-refractivity contribution in [3.05, 3.63) is 99.6 Å². The number of hydrogen-bond donors (Lipinski definition) is 1. The zero-order valence-electron chi connectivity index (χ0n) is 18.4. The van der Waals surface area contributed by atoms with E-state index in [1.165, 1.54) is 35.6 Å². The van der Waals surface area contributed by atoms with E-state index in [0.717, 1.165) is 18.8 Å². The molecule has 0 atom stereocenters. The molecule has 0 aromatic heterocycles. The second kappa shape index (κ2) is 9.06. The first kappa shape index (κ1) is 21.3. The number of carbonyl (C=O) groups excluding carboxylic acids is 2. The lowest BCUT2D eigenvalue weighted by Gasteiger charge is -2.18. The van der Waals surface area contributed by atoms with Crippen molar-refractivity contribution in [1.82, 2.24) is 5.43 Å². The van der Waals surface area contributed by atoms with Crippen molar-refractivity contribution in [1.29, 1.82) is 0 Å². The summed E-state index contributed by atoms with van der Waals surface area (Å²) in [4.78, 5) is 26.5. The minimum atomic E-state index is -0.421. The Labute approximate surface area is 187 Å². The quantitative estimate of drug-likeness (QED) is 0.373. The molecule has 0 fully saturated rings. The number of anilines is 1. The van der Waals surface area contributed by atoms with Crippen molar-refractivity contribution in [3.8, 4) is 0 Å². The normalized spacial score (nSPS) is 12.7.